The molecule has 0 amide bonds. The fraction of sp³-hybridized carbons (Fsp3) is 0.471. The van der Waals surface area contributed by atoms with Crippen molar-refractivity contribution in [3.63, 3.8) is 0 Å². The van der Waals surface area contributed by atoms with Crippen LogP contribution in [0.4, 0.5) is 4.39 Å². The van der Waals surface area contributed by atoms with Crippen LogP contribution in [-0.2, 0) is 9.47 Å². The van der Waals surface area contributed by atoms with Crippen LogP contribution >= 0.6 is 0 Å². The van der Waals surface area contributed by atoms with E-state index in [0.717, 1.165) is 12.1 Å². The van der Waals surface area contributed by atoms with Gasteiger partial charge < -0.3 is 9.47 Å². The van der Waals surface area contributed by atoms with E-state index in [1.54, 1.807) is 41.5 Å². The first-order valence-corrected chi connectivity index (χ1v) is 7.09. The molecule has 0 saturated heterocycles. The van der Waals surface area contributed by atoms with Crippen molar-refractivity contribution in [2.75, 3.05) is 0 Å². The molecule has 126 valence electrons. The summed E-state index contributed by atoms with van der Waals surface area (Å²) in [6, 6.07) is 1.81. The van der Waals surface area contributed by atoms with Gasteiger partial charge in [0, 0.05) is 5.56 Å². The number of hydrogen-bond donors (Lipinski definition) is 0. The van der Waals surface area contributed by atoms with Crippen LogP contribution in [0, 0.1) is 5.82 Å². The van der Waals surface area contributed by atoms with Crippen molar-refractivity contribution in [1.82, 2.24) is 0 Å². The van der Waals surface area contributed by atoms with E-state index in [1.807, 2.05) is 0 Å². The van der Waals surface area contributed by atoms with Crippen LogP contribution < -0.4 is 0 Å². The van der Waals surface area contributed by atoms with E-state index in [0.29, 0.717) is 6.29 Å². The van der Waals surface area contributed by atoms with Gasteiger partial charge in [0.15, 0.2) is 6.29 Å². The summed E-state index contributed by atoms with van der Waals surface area (Å²) in [4.78, 5) is 35.2. The summed E-state index contributed by atoms with van der Waals surface area (Å²) in [6.07, 6.45) is 0.368. The second-order valence-electron chi connectivity index (χ2n) is 7.04. The molecule has 0 unspecified atom stereocenters. The molecule has 0 aliphatic carbocycles. The van der Waals surface area contributed by atoms with Gasteiger partial charge in [0.05, 0.1) is 11.1 Å². The lowest BCUT2D eigenvalue weighted by Gasteiger charge is -2.21. The molecular formula is C17H21FO5. The second kappa shape index (κ2) is 6.48. The Hall–Kier alpha value is -2.24. The van der Waals surface area contributed by atoms with E-state index >= 15 is 0 Å². The Labute approximate surface area is 134 Å². The van der Waals surface area contributed by atoms with E-state index < -0.39 is 34.5 Å². The highest BCUT2D eigenvalue weighted by Gasteiger charge is 2.26. The average molecular weight is 324 g/mol. The maximum absolute atomic E-state index is 14.2. The molecule has 0 aliphatic heterocycles. The Bertz CT molecular complexity index is 636. The van der Waals surface area contributed by atoms with Crippen molar-refractivity contribution in [1.29, 1.82) is 0 Å². The topological polar surface area (TPSA) is 69.7 Å². The Balaban J connectivity index is 3.25. The predicted octanol–water partition coefficient (Wildman–Crippen LogP) is 3.55. The first kappa shape index (κ1) is 18.8. The highest BCUT2D eigenvalue weighted by molar-refractivity contribution is 6.01. The molecule has 0 bridgehead atoms. The maximum Gasteiger partial charge on any atom is 0.341 e. The minimum absolute atomic E-state index is 0.137. The average Bonchev–Trinajstić information content (AvgIpc) is 2.34. The Morgan fingerprint density at radius 3 is 1.74 bits per heavy atom. The van der Waals surface area contributed by atoms with E-state index in [9.17, 15) is 18.8 Å². The minimum atomic E-state index is -0.953. The molecule has 0 aromatic heterocycles. The van der Waals surface area contributed by atoms with Crippen molar-refractivity contribution in [3.8, 4) is 0 Å². The van der Waals surface area contributed by atoms with Gasteiger partial charge in [-0.3, -0.25) is 4.79 Å². The van der Waals surface area contributed by atoms with E-state index in [1.165, 1.54) is 0 Å². The van der Waals surface area contributed by atoms with Crippen molar-refractivity contribution in [3.05, 3.63) is 34.6 Å². The fourth-order valence-electron chi connectivity index (χ4n) is 1.69. The quantitative estimate of drug-likeness (QED) is 0.628. The number of ether oxygens (including phenoxy) is 2. The molecule has 1 aromatic carbocycles. The number of carbonyl (C=O) groups excluding carboxylic acids is 3. The third-order valence-corrected chi connectivity index (χ3v) is 2.50. The normalized spacial score (nSPS) is 11.8. The standard InChI is InChI=1S/C17H21FO5/c1-16(2,3)22-14(20)11-8-13(18)12(7-10(11)9-19)15(21)23-17(4,5)6/h7-9H,1-6H3. The Morgan fingerprint density at radius 1 is 0.913 bits per heavy atom. The smallest absolute Gasteiger partial charge is 0.341 e. The second-order valence-corrected chi connectivity index (χ2v) is 7.04. The molecule has 0 atom stereocenters. The zero-order chi connectivity index (χ0) is 18.0. The van der Waals surface area contributed by atoms with Crippen LogP contribution in [0.5, 0.6) is 0 Å². The Kier molecular flexibility index (Phi) is 5.30. The number of carbonyl (C=O) groups is 3. The molecule has 0 N–H and O–H groups in total. The molecular weight excluding hydrogens is 303 g/mol. The largest absolute Gasteiger partial charge is 0.456 e. The summed E-state index contributed by atoms with van der Waals surface area (Å²) in [5, 5.41) is 0. The van der Waals surface area contributed by atoms with Crippen molar-refractivity contribution >= 4 is 18.2 Å². The van der Waals surface area contributed by atoms with E-state index in [2.05, 4.69) is 0 Å². The lowest BCUT2D eigenvalue weighted by Crippen LogP contribution is -2.26. The fourth-order valence-corrected chi connectivity index (χ4v) is 1.69. The number of hydrogen-bond acceptors (Lipinski definition) is 5. The van der Waals surface area contributed by atoms with E-state index in [-0.39, 0.29) is 11.1 Å². The first-order chi connectivity index (χ1) is 10.3. The highest BCUT2D eigenvalue weighted by atomic mass is 19.1. The molecule has 0 saturated carbocycles. The van der Waals surface area contributed by atoms with Crippen LogP contribution in [0.3, 0.4) is 0 Å². The molecule has 0 fully saturated rings. The molecule has 0 radical (unpaired) electrons. The van der Waals surface area contributed by atoms with Crippen molar-refractivity contribution < 1.29 is 28.2 Å². The molecule has 0 aliphatic rings. The molecule has 0 heterocycles. The first-order valence-electron chi connectivity index (χ1n) is 7.09. The summed E-state index contributed by atoms with van der Waals surface area (Å²) in [5.41, 5.74) is -2.39. The van der Waals surface area contributed by atoms with Gasteiger partial charge in [0.1, 0.15) is 17.0 Å². The summed E-state index contributed by atoms with van der Waals surface area (Å²) in [7, 11) is 0. The van der Waals surface area contributed by atoms with Gasteiger partial charge in [-0.2, -0.15) is 0 Å². The number of rotatable bonds is 3. The Morgan fingerprint density at radius 2 is 1.35 bits per heavy atom. The summed E-state index contributed by atoms with van der Waals surface area (Å²) in [6.45, 7) is 9.86. The SMILES string of the molecule is CC(C)(C)OC(=O)c1cc(C=O)c(C(=O)OC(C)(C)C)cc1F. The number of benzene rings is 1. The van der Waals surface area contributed by atoms with Gasteiger partial charge >= 0.3 is 11.9 Å². The molecule has 23 heavy (non-hydrogen) atoms. The zero-order valence-electron chi connectivity index (χ0n) is 14.2. The van der Waals surface area contributed by atoms with Crippen LogP contribution in [-0.4, -0.2) is 29.4 Å². The number of halogens is 1. The molecule has 6 heteroatoms. The summed E-state index contributed by atoms with van der Waals surface area (Å²) in [5.74, 6) is -2.70. The molecule has 1 aromatic rings. The number of aldehydes is 1. The van der Waals surface area contributed by atoms with Gasteiger partial charge in [0.25, 0.3) is 0 Å². The third-order valence-electron chi connectivity index (χ3n) is 2.50. The molecule has 0 spiro atoms. The van der Waals surface area contributed by atoms with Crippen molar-refractivity contribution in [2.45, 2.75) is 52.7 Å². The summed E-state index contributed by atoms with van der Waals surface area (Å²) < 4.78 is 24.4. The number of esters is 2. The maximum atomic E-state index is 14.2. The summed E-state index contributed by atoms with van der Waals surface area (Å²) >= 11 is 0. The van der Waals surface area contributed by atoms with Gasteiger partial charge in [-0.05, 0) is 53.7 Å². The van der Waals surface area contributed by atoms with Crippen LogP contribution in [0.25, 0.3) is 0 Å². The highest BCUT2D eigenvalue weighted by Crippen LogP contribution is 2.21. The van der Waals surface area contributed by atoms with Crippen LogP contribution in [0.2, 0.25) is 0 Å². The van der Waals surface area contributed by atoms with Gasteiger partial charge in [-0.15, -0.1) is 0 Å². The van der Waals surface area contributed by atoms with Crippen molar-refractivity contribution in [2.24, 2.45) is 0 Å². The van der Waals surface area contributed by atoms with Crippen LogP contribution in [0.1, 0.15) is 72.6 Å². The monoisotopic (exact) mass is 324 g/mol. The van der Waals surface area contributed by atoms with Gasteiger partial charge in [-0.25, -0.2) is 14.0 Å². The van der Waals surface area contributed by atoms with Gasteiger partial charge in [-0.1, -0.05) is 0 Å². The predicted molar refractivity (Wildman–Crippen MR) is 82.1 cm³/mol. The lowest BCUT2D eigenvalue weighted by atomic mass is 10.0. The minimum Gasteiger partial charge on any atom is -0.456 e. The van der Waals surface area contributed by atoms with Crippen LogP contribution in [0.15, 0.2) is 12.1 Å². The molecule has 5 nitrogen and oxygen atoms in total. The lowest BCUT2D eigenvalue weighted by molar-refractivity contribution is 0.00469. The van der Waals surface area contributed by atoms with Gasteiger partial charge in [0.2, 0.25) is 0 Å². The third kappa shape index (κ3) is 5.47. The zero-order valence-corrected chi connectivity index (χ0v) is 14.2. The van der Waals surface area contributed by atoms with E-state index in [4.69, 9.17) is 9.47 Å². The molecule has 1 rings (SSSR count).